The van der Waals surface area contributed by atoms with Gasteiger partial charge in [-0.15, -0.1) is 0 Å². The fourth-order valence-electron chi connectivity index (χ4n) is 2.62. The molecule has 3 rings (SSSR count). The molecule has 1 aromatic heterocycles. The molecular formula is C20H16ClN3O6. The number of esters is 1. The van der Waals surface area contributed by atoms with Crippen molar-refractivity contribution < 1.29 is 19.4 Å². The predicted molar refractivity (Wildman–Crippen MR) is 111 cm³/mol. The van der Waals surface area contributed by atoms with Gasteiger partial charge in [0.1, 0.15) is 11.3 Å². The Morgan fingerprint density at radius 1 is 1.17 bits per heavy atom. The van der Waals surface area contributed by atoms with Gasteiger partial charge in [-0.25, -0.2) is 14.2 Å². The molecule has 3 aromatic rings. The minimum Gasteiger partial charge on any atom is -0.497 e. The van der Waals surface area contributed by atoms with Crippen molar-refractivity contribution in [2.75, 3.05) is 14.2 Å². The second-order valence-electron chi connectivity index (χ2n) is 5.94. The van der Waals surface area contributed by atoms with Gasteiger partial charge in [0, 0.05) is 6.21 Å². The summed E-state index contributed by atoms with van der Waals surface area (Å²) in [5.74, 6) is -0.688. The second-order valence-corrected chi connectivity index (χ2v) is 6.35. The molecule has 0 spiro atoms. The summed E-state index contributed by atoms with van der Waals surface area (Å²) in [6, 6.07) is 10.6. The van der Waals surface area contributed by atoms with E-state index in [1.54, 1.807) is 24.3 Å². The molecule has 30 heavy (non-hydrogen) atoms. The van der Waals surface area contributed by atoms with Crippen LogP contribution in [0.25, 0.3) is 5.69 Å². The number of carbonyl (C=O) groups is 1. The highest BCUT2D eigenvalue weighted by molar-refractivity contribution is 6.33. The van der Waals surface area contributed by atoms with Gasteiger partial charge in [-0.1, -0.05) is 11.6 Å². The first-order chi connectivity index (χ1) is 14.3. The van der Waals surface area contributed by atoms with Crippen molar-refractivity contribution in [3.05, 3.63) is 79.5 Å². The van der Waals surface area contributed by atoms with Crippen molar-refractivity contribution in [1.29, 1.82) is 0 Å². The number of nitrogens with zero attached hydrogens (tertiary/aromatic N) is 2. The van der Waals surface area contributed by atoms with E-state index in [0.29, 0.717) is 11.4 Å². The number of ether oxygens (including phenoxy) is 2. The molecule has 0 unspecified atom stereocenters. The van der Waals surface area contributed by atoms with Crippen LogP contribution >= 0.6 is 11.6 Å². The molecule has 0 aliphatic carbocycles. The molecule has 0 aliphatic rings. The van der Waals surface area contributed by atoms with Crippen LogP contribution in [0.15, 0.2) is 57.0 Å². The Kier molecular flexibility index (Phi) is 6.03. The van der Waals surface area contributed by atoms with Crippen LogP contribution in [0.4, 0.5) is 5.69 Å². The maximum atomic E-state index is 12.2. The molecule has 0 aliphatic heterocycles. The summed E-state index contributed by atoms with van der Waals surface area (Å²) >= 11 is 5.97. The van der Waals surface area contributed by atoms with Gasteiger partial charge in [0.15, 0.2) is 0 Å². The van der Waals surface area contributed by atoms with E-state index in [1.165, 1.54) is 32.4 Å². The van der Waals surface area contributed by atoms with Crippen LogP contribution < -0.4 is 16.0 Å². The lowest BCUT2D eigenvalue weighted by atomic mass is 10.2. The van der Waals surface area contributed by atoms with Crippen molar-refractivity contribution in [3.8, 4) is 17.3 Å². The molecule has 154 valence electrons. The highest BCUT2D eigenvalue weighted by Gasteiger charge is 2.15. The zero-order chi connectivity index (χ0) is 21.8. The third kappa shape index (κ3) is 4.11. The molecule has 0 saturated heterocycles. The summed E-state index contributed by atoms with van der Waals surface area (Å²) in [5, 5.41) is 10.7. The summed E-state index contributed by atoms with van der Waals surface area (Å²) < 4.78 is 10.6. The van der Waals surface area contributed by atoms with Gasteiger partial charge < -0.3 is 14.6 Å². The summed E-state index contributed by atoms with van der Waals surface area (Å²) in [5.41, 5.74) is -1.22. The Morgan fingerprint density at radius 2 is 1.87 bits per heavy atom. The lowest BCUT2D eigenvalue weighted by Gasteiger charge is -2.10. The van der Waals surface area contributed by atoms with E-state index in [4.69, 9.17) is 16.3 Å². The average Bonchev–Trinajstić information content (AvgIpc) is 2.74. The first kappa shape index (κ1) is 20.9. The van der Waals surface area contributed by atoms with E-state index >= 15 is 0 Å². The van der Waals surface area contributed by atoms with E-state index in [1.807, 2.05) is 0 Å². The van der Waals surface area contributed by atoms with Gasteiger partial charge in [0.05, 0.1) is 36.2 Å². The normalized spacial score (nSPS) is 10.9. The quantitative estimate of drug-likeness (QED) is 0.474. The average molecular weight is 430 g/mol. The van der Waals surface area contributed by atoms with Crippen LogP contribution in [-0.2, 0) is 4.74 Å². The topological polar surface area (TPSA) is 123 Å². The molecule has 10 heteroatoms. The van der Waals surface area contributed by atoms with Crippen molar-refractivity contribution in [3.63, 3.8) is 0 Å². The number of aliphatic imine (C=N–C) groups is 1. The Morgan fingerprint density at radius 3 is 2.50 bits per heavy atom. The van der Waals surface area contributed by atoms with Crippen molar-refractivity contribution in [1.82, 2.24) is 9.55 Å². The van der Waals surface area contributed by atoms with Crippen molar-refractivity contribution >= 4 is 29.5 Å². The molecule has 0 radical (unpaired) electrons. The van der Waals surface area contributed by atoms with Crippen LogP contribution in [-0.4, -0.2) is 41.1 Å². The van der Waals surface area contributed by atoms with Crippen molar-refractivity contribution in [2.45, 2.75) is 0 Å². The Balaban J connectivity index is 2.06. The Labute approximate surface area is 174 Å². The van der Waals surface area contributed by atoms with Crippen LogP contribution in [0.3, 0.4) is 0 Å². The Bertz CT molecular complexity index is 1240. The molecule has 1 heterocycles. The maximum Gasteiger partial charge on any atom is 0.339 e. The first-order valence-electron chi connectivity index (χ1n) is 8.50. The highest BCUT2D eigenvalue weighted by Crippen LogP contribution is 2.24. The van der Waals surface area contributed by atoms with E-state index in [0.717, 1.165) is 10.8 Å². The summed E-state index contributed by atoms with van der Waals surface area (Å²) in [7, 11) is 2.71. The third-order valence-electron chi connectivity index (χ3n) is 4.15. The molecule has 2 aromatic carbocycles. The van der Waals surface area contributed by atoms with Gasteiger partial charge in [0.2, 0.25) is 5.88 Å². The smallest absolute Gasteiger partial charge is 0.339 e. The van der Waals surface area contributed by atoms with Crippen LogP contribution in [0.2, 0.25) is 5.02 Å². The lowest BCUT2D eigenvalue weighted by molar-refractivity contribution is 0.0601. The molecule has 9 nitrogen and oxygen atoms in total. The number of nitrogens with one attached hydrogen (secondary N) is 1. The monoisotopic (exact) mass is 429 g/mol. The fraction of sp³-hybridized carbons (Fsp3) is 0.100. The number of methoxy groups -OCH3 is 2. The summed E-state index contributed by atoms with van der Waals surface area (Å²) in [6.45, 7) is 0. The molecule has 2 N–H and O–H groups in total. The van der Waals surface area contributed by atoms with Crippen molar-refractivity contribution in [2.24, 2.45) is 4.99 Å². The summed E-state index contributed by atoms with van der Waals surface area (Å²) in [6.07, 6.45) is 1.08. The molecular weight excluding hydrogens is 414 g/mol. The number of aromatic nitrogens is 2. The maximum absolute atomic E-state index is 12.2. The minimum absolute atomic E-state index is 0.0927. The Hall–Kier alpha value is -3.85. The number of rotatable bonds is 5. The van der Waals surface area contributed by atoms with Crippen LogP contribution in [0.5, 0.6) is 11.6 Å². The number of aromatic hydroxyl groups is 1. The fourth-order valence-corrected chi connectivity index (χ4v) is 2.82. The molecule has 0 bridgehead atoms. The van der Waals surface area contributed by atoms with Gasteiger partial charge in [0.25, 0.3) is 5.56 Å². The number of halogens is 1. The van der Waals surface area contributed by atoms with E-state index in [9.17, 15) is 19.5 Å². The van der Waals surface area contributed by atoms with E-state index in [2.05, 4.69) is 14.7 Å². The number of benzene rings is 2. The number of aromatic amines is 1. The molecule has 0 atom stereocenters. The molecule has 0 amide bonds. The standard InChI is InChI=1S/C20H16ClN3O6/c1-29-13-6-4-12(5-7-13)24-18(26)15(17(25)23-20(24)28)10-22-11-3-8-16(21)14(9-11)19(27)30-2/h3-10,26H,1-2H3,(H,23,25,28). The van der Waals surface area contributed by atoms with E-state index < -0.39 is 23.1 Å². The number of hydrogen-bond donors (Lipinski definition) is 2. The predicted octanol–water partition coefficient (Wildman–Crippen LogP) is 2.43. The molecule has 0 saturated carbocycles. The number of H-pyrrole nitrogens is 1. The molecule has 0 fully saturated rings. The van der Waals surface area contributed by atoms with E-state index in [-0.39, 0.29) is 21.8 Å². The third-order valence-corrected chi connectivity index (χ3v) is 4.48. The first-order valence-corrected chi connectivity index (χ1v) is 8.88. The zero-order valence-electron chi connectivity index (χ0n) is 15.9. The lowest BCUT2D eigenvalue weighted by Crippen LogP contribution is -2.31. The van der Waals surface area contributed by atoms with Crippen LogP contribution in [0.1, 0.15) is 15.9 Å². The van der Waals surface area contributed by atoms with Gasteiger partial charge in [-0.2, -0.15) is 0 Å². The number of hydrogen-bond acceptors (Lipinski definition) is 7. The van der Waals surface area contributed by atoms with Crippen LogP contribution in [0, 0.1) is 0 Å². The highest BCUT2D eigenvalue weighted by atomic mass is 35.5. The number of carbonyl (C=O) groups excluding carboxylic acids is 1. The summed E-state index contributed by atoms with van der Waals surface area (Å²) in [4.78, 5) is 42.4. The minimum atomic E-state index is -0.826. The SMILES string of the molecule is COC(=O)c1cc(N=Cc2c(O)n(-c3ccc(OC)cc3)c(=O)[nH]c2=O)ccc1Cl. The van der Waals surface area contributed by atoms with Gasteiger partial charge in [-0.3, -0.25) is 14.8 Å². The zero-order valence-corrected chi connectivity index (χ0v) is 16.6. The van der Waals surface area contributed by atoms with Gasteiger partial charge in [-0.05, 0) is 42.5 Å². The second kappa shape index (κ2) is 8.66. The largest absolute Gasteiger partial charge is 0.497 e. The van der Waals surface area contributed by atoms with Gasteiger partial charge >= 0.3 is 11.7 Å².